The van der Waals surface area contributed by atoms with Gasteiger partial charge in [-0.3, -0.25) is 10.1 Å². The summed E-state index contributed by atoms with van der Waals surface area (Å²) >= 11 is 5.17. The van der Waals surface area contributed by atoms with Gasteiger partial charge in [0.25, 0.3) is 0 Å². The van der Waals surface area contributed by atoms with Crippen LogP contribution in [-0.2, 0) is 14.8 Å². The molecule has 0 fully saturated rings. The molecular weight excluding hydrogens is 446 g/mol. The third-order valence-electron chi connectivity index (χ3n) is 4.48. The van der Waals surface area contributed by atoms with Crippen LogP contribution in [0.5, 0.6) is 5.75 Å². The predicted molar refractivity (Wildman–Crippen MR) is 132 cm³/mol. The zero-order chi connectivity index (χ0) is 23.6. The second-order valence-electron chi connectivity index (χ2n) is 6.98. The van der Waals surface area contributed by atoms with Gasteiger partial charge >= 0.3 is 0 Å². The molecule has 0 aliphatic heterocycles. The number of ether oxygens (including phenoxy) is 1. The summed E-state index contributed by atoms with van der Waals surface area (Å²) in [5.41, 5.74) is 1.42. The zero-order valence-corrected chi connectivity index (χ0v) is 20.1. The first kappa shape index (κ1) is 25.5. The van der Waals surface area contributed by atoms with Gasteiger partial charge in [-0.15, -0.1) is 0 Å². The van der Waals surface area contributed by atoms with E-state index in [1.54, 1.807) is 37.5 Å². The quantitative estimate of drug-likeness (QED) is 0.398. The molecule has 2 rings (SSSR count). The molecule has 0 aliphatic carbocycles. The summed E-state index contributed by atoms with van der Waals surface area (Å²) in [5.74, 6) is 0.353. The first-order valence-electron chi connectivity index (χ1n) is 10.3. The van der Waals surface area contributed by atoms with Crippen LogP contribution < -0.4 is 15.4 Å². The van der Waals surface area contributed by atoms with Gasteiger partial charge < -0.3 is 10.1 Å². The summed E-state index contributed by atoms with van der Waals surface area (Å²) in [6.45, 7) is 4.87. The van der Waals surface area contributed by atoms with Gasteiger partial charge in [-0.2, -0.15) is 4.31 Å². The molecule has 2 aromatic rings. The van der Waals surface area contributed by atoms with Crippen LogP contribution in [0.3, 0.4) is 0 Å². The SMILES string of the molecule is CCCN(CCC)S(=O)(=O)c1ccc(NC(=S)NC(=O)/C=C/c2ccc(OC)cc2)cc1. The van der Waals surface area contributed by atoms with Gasteiger partial charge in [-0.25, -0.2) is 8.42 Å². The first-order valence-corrected chi connectivity index (χ1v) is 12.2. The molecule has 1 amide bonds. The third-order valence-corrected chi connectivity index (χ3v) is 6.59. The third kappa shape index (κ3) is 7.44. The highest BCUT2D eigenvalue weighted by Crippen LogP contribution is 2.19. The minimum atomic E-state index is -3.54. The van der Waals surface area contributed by atoms with E-state index in [0.717, 1.165) is 24.2 Å². The van der Waals surface area contributed by atoms with E-state index in [9.17, 15) is 13.2 Å². The summed E-state index contributed by atoms with van der Waals surface area (Å²) < 4.78 is 32.2. The molecule has 7 nitrogen and oxygen atoms in total. The van der Waals surface area contributed by atoms with E-state index in [2.05, 4.69) is 10.6 Å². The fraction of sp³-hybridized carbons (Fsp3) is 0.304. The maximum atomic E-state index is 12.8. The lowest BCUT2D eigenvalue weighted by atomic mass is 10.2. The molecule has 0 radical (unpaired) electrons. The first-order chi connectivity index (χ1) is 15.3. The lowest BCUT2D eigenvalue weighted by Gasteiger charge is -2.21. The molecule has 32 heavy (non-hydrogen) atoms. The lowest BCUT2D eigenvalue weighted by molar-refractivity contribution is -0.115. The van der Waals surface area contributed by atoms with Gasteiger partial charge in [0.05, 0.1) is 12.0 Å². The van der Waals surface area contributed by atoms with Crippen LogP contribution in [0.1, 0.15) is 32.3 Å². The Morgan fingerprint density at radius 1 is 1.03 bits per heavy atom. The minimum absolute atomic E-state index is 0.114. The number of carbonyl (C=O) groups is 1. The molecule has 9 heteroatoms. The minimum Gasteiger partial charge on any atom is -0.497 e. The van der Waals surface area contributed by atoms with E-state index in [0.29, 0.717) is 18.8 Å². The van der Waals surface area contributed by atoms with Crippen molar-refractivity contribution < 1.29 is 17.9 Å². The highest BCUT2D eigenvalue weighted by atomic mass is 32.2. The average molecular weight is 476 g/mol. The molecule has 0 spiro atoms. The number of nitrogens with zero attached hydrogens (tertiary/aromatic N) is 1. The number of anilines is 1. The van der Waals surface area contributed by atoms with Crippen molar-refractivity contribution in [2.24, 2.45) is 0 Å². The van der Waals surface area contributed by atoms with Crippen LogP contribution in [0.15, 0.2) is 59.5 Å². The zero-order valence-electron chi connectivity index (χ0n) is 18.5. The summed E-state index contributed by atoms with van der Waals surface area (Å²) in [6, 6.07) is 13.6. The second-order valence-corrected chi connectivity index (χ2v) is 9.32. The van der Waals surface area contributed by atoms with E-state index in [-0.39, 0.29) is 15.9 Å². The van der Waals surface area contributed by atoms with Crippen molar-refractivity contribution in [2.75, 3.05) is 25.5 Å². The van der Waals surface area contributed by atoms with Gasteiger partial charge in [0, 0.05) is 24.9 Å². The summed E-state index contributed by atoms with van der Waals surface area (Å²) in [6.07, 6.45) is 4.54. The molecule has 0 aliphatic rings. The fourth-order valence-corrected chi connectivity index (χ4v) is 4.76. The van der Waals surface area contributed by atoms with Crippen LogP contribution in [0, 0.1) is 0 Å². The smallest absolute Gasteiger partial charge is 0.250 e. The van der Waals surface area contributed by atoms with E-state index < -0.39 is 10.0 Å². The van der Waals surface area contributed by atoms with Crippen molar-refractivity contribution in [3.05, 3.63) is 60.2 Å². The Hall–Kier alpha value is -2.75. The van der Waals surface area contributed by atoms with Gasteiger partial charge in [0.15, 0.2) is 5.11 Å². The van der Waals surface area contributed by atoms with E-state index in [1.165, 1.54) is 22.5 Å². The molecular formula is C23H29N3O4S2. The summed E-state index contributed by atoms with van der Waals surface area (Å²) in [7, 11) is -1.95. The van der Waals surface area contributed by atoms with Crippen LogP contribution in [0.25, 0.3) is 6.08 Å². The monoisotopic (exact) mass is 475 g/mol. The number of sulfonamides is 1. The van der Waals surface area contributed by atoms with Crippen molar-refractivity contribution in [2.45, 2.75) is 31.6 Å². The second kappa shape index (κ2) is 12.3. The Balaban J connectivity index is 1.95. The summed E-state index contributed by atoms with van der Waals surface area (Å²) in [5, 5.41) is 5.56. The maximum Gasteiger partial charge on any atom is 0.250 e. The number of hydrogen-bond acceptors (Lipinski definition) is 5. The highest BCUT2D eigenvalue weighted by molar-refractivity contribution is 7.89. The molecule has 172 valence electrons. The number of nitrogens with one attached hydrogen (secondary N) is 2. The Bertz CT molecular complexity index is 1030. The van der Waals surface area contributed by atoms with Crippen molar-refractivity contribution in [3.8, 4) is 5.75 Å². The highest BCUT2D eigenvalue weighted by Gasteiger charge is 2.22. The van der Waals surface area contributed by atoms with Gasteiger partial charge in [-0.1, -0.05) is 26.0 Å². The lowest BCUT2D eigenvalue weighted by Crippen LogP contribution is -2.33. The predicted octanol–water partition coefficient (Wildman–Crippen LogP) is 4.03. The molecule has 0 aromatic heterocycles. The van der Waals surface area contributed by atoms with Gasteiger partial charge in [-0.05, 0) is 73.1 Å². The molecule has 0 heterocycles. The standard InChI is InChI=1S/C23H29N3O4S2/c1-4-16-26(17-5-2)32(28,29)21-13-9-19(10-14-21)24-23(31)25-22(27)15-8-18-6-11-20(30-3)12-7-18/h6-15H,4-5,16-17H2,1-3H3,(H2,24,25,27,31)/b15-8+. The number of rotatable bonds is 10. The number of thiocarbonyl (C=S) groups is 1. The number of hydrogen-bond donors (Lipinski definition) is 2. The molecule has 0 saturated heterocycles. The molecule has 0 saturated carbocycles. The molecule has 2 N–H and O–H groups in total. The van der Waals surface area contributed by atoms with Crippen molar-refractivity contribution in [3.63, 3.8) is 0 Å². The van der Waals surface area contributed by atoms with Crippen LogP contribution in [-0.4, -0.2) is 43.9 Å². The van der Waals surface area contributed by atoms with Crippen LogP contribution >= 0.6 is 12.2 Å². The number of carbonyl (C=O) groups excluding carboxylic acids is 1. The number of benzene rings is 2. The Kier molecular flexibility index (Phi) is 9.83. The van der Waals surface area contributed by atoms with Gasteiger partial charge in [0.1, 0.15) is 5.75 Å². The number of methoxy groups -OCH3 is 1. The molecule has 0 atom stereocenters. The molecule has 2 aromatic carbocycles. The van der Waals surface area contributed by atoms with Crippen LogP contribution in [0.4, 0.5) is 5.69 Å². The van der Waals surface area contributed by atoms with E-state index in [4.69, 9.17) is 17.0 Å². The van der Waals surface area contributed by atoms with Crippen LogP contribution in [0.2, 0.25) is 0 Å². The van der Waals surface area contributed by atoms with Gasteiger partial charge in [0.2, 0.25) is 15.9 Å². The normalized spacial score (nSPS) is 11.5. The largest absolute Gasteiger partial charge is 0.497 e. The maximum absolute atomic E-state index is 12.8. The van der Waals surface area contributed by atoms with E-state index >= 15 is 0 Å². The van der Waals surface area contributed by atoms with Crippen molar-refractivity contribution >= 4 is 45.0 Å². The Morgan fingerprint density at radius 2 is 1.62 bits per heavy atom. The molecule has 0 bridgehead atoms. The van der Waals surface area contributed by atoms with Crippen molar-refractivity contribution in [1.29, 1.82) is 0 Å². The van der Waals surface area contributed by atoms with E-state index in [1.807, 2.05) is 26.0 Å². The fourth-order valence-electron chi connectivity index (χ4n) is 2.91. The Labute approximate surface area is 195 Å². The topological polar surface area (TPSA) is 87.7 Å². The average Bonchev–Trinajstić information content (AvgIpc) is 2.78. The number of amides is 1. The molecule has 0 unspecified atom stereocenters. The Morgan fingerprint density at radius 3 is 2.16 bits per heavy atom. The van der Waals surface area contributed by atoms with Crippen molar-refractivity contribution in [1.82, 2.24) is 9.62 Å². The summed E-state index contributed by atoms with van der Waals surface area (Å²) in [4.78, 5) is 12.3.